The van der Waals surface area contributed by atoms with E-state index in [1.807, 2.05) is 36.9 Å². The van der Waals surface area contributed by atoms with E-state index in [0.29, 0.717) is 24.7 Å². The Labute approximate surface area is 136 Å². The van der Waals surface area contributed by atoms with Gasteiger partial charge in [-0.1, -0.05) is 17.7 Å². The standard InChI is InChI=1S/C17H22ClNO3/c1-17(2)9-12(6-7-21-17)16(20)19-10-15(11-19)22-14-5-3-4-13(18)8-14/h3-5,8,12,15H,6-7,9-11H2,1-2H3/t12-/m0/s1. The molecule has 2 heterocycles. The highest BCUT2D eigenvalue weighted by atomic mass is 35.5. The van der Waals surface area contributed by atoms with Crippen molar-refractivity contribution in [3.05, 3.63) is 29.3 Å². The van der Waals surface area contributed by atoms with E-state index in [2.05, 4.69) is 0 Å². The van der Waals surface area contributed by atoms with Gasteiger partial charge < -0.3 is 14.4 Å². The Hall–Kier alpha value is -1.26. The summed E-state index contributed by atoms with van der Waals surface area (Å²) in [7, 11) is 0. The highest BCUT2D eigenvalue weighted by Gasteiger charge is 2.39. The number of nitrogens with zero attached hydrogens (tertiary/aromatic N) is 1. The van der Waals surface area contributed by atoms with Crippen molar-refractivity contribution in [1.82, 2.24) is 4.90 Å². The second-order valence-corrected chi connectivity index (χ2v) is 7.17. The van der Waals surface area contributed by atoms with E-state index in [0.717, 1.165) is 18.6 Å². The SMILES string of the molecule is CC1(C)C[C@@H](C(=O)N2CC(Oc3cccc(Cl)c3)C2)CCO1. The van der Waals surface area contributed by atoms with Crippen LogP contribution in [0.1, 0.15) is 26.7 Å². The molecule has 0 aliphatic carbocycles. The van der Waals surface area contributed by atoms with Crippen molar-refractivity contribution >= 4 is 17.5 Å². The van der Waals surface area contributed by atoms with Gasteiger partial charge in [0.2, 0.25) is 5.91 Å². The van der Waals surface area contributed by atoms with Gasteiger partial charge in [-0.15, -0.1) is 0 Å². The summed E-state index contributed by atoms with van der Waals surface area (Å²) in [6, 6.07) is 7.37. The molecule has 1 amide bonds. The zero-order chi connectivity index (χ0) is 15.7. The number of carbonyl (C=O) groups excluding carboxylic acids is 1. The molecule has 0 saturated carbocycles. The average molecular weight is 324 g/mol. The molecule has 120 valence electrons. The van der Waals surface area contributed by atoms with Gasteiger partial charge in [0, 0.05) is 17.5 Å². The first kappa shape index (κ1) is 15.6. The van der Waals surface area contributed by atoms with E-state index in [9.17, 15) is 4.79 Å². The summed E-state index contributed by atoms with van der Waals surface area (Å²) in [4.78, 5) is 14.4. The maximum Gasteiger partial charge on any atom is 0.226 e. The molecule has 0 aromatic heterocycles. The third-order valence-corrected chi connectivity index (χ3v) is 4.54. The van der Waals surface area contributed by atoms with E-state index < -0.39 is 0 Å². The van der Waals surface area contributed by atoms with E-state index in [-0.39, 0.29) is 23.5 Å². The van der Waals surface area contributed by atoms with Crippen LogP contribution in [0.25, 0.3) is 0 Å². The van der Waals surface area contributed by atoms with Crippen molar-refractivity contribution in [2.24, 2.45) is 5.92 Å². The monoisotopic (exact) mass is 323 g/mol. The van der Waals surface area contributed by atoms with Crippen molar-refractivity contribution in [1.29, 1.82) is 0 Å². The largest absolute Gasteiger partial charge is 0.487 e. The fraction of sp³-hybridized carbons (Fsp3) is 0.588. The summed E-state index contributed by atoms with van der Waals surface area (Å²) in [6.07, 6.45) is 1.68. The Kier molecular flexibility index (Phi) is 4.33. The zero-order valence-corrected chi connectivity index (χ0v) is 13.8. The highest BCUT2D eigenvalue weighted by molar-refractivity contribution is 6.30. The summed E-state index contributed by atoms with van der Waals surface area (Å²) < 4.78 is 11.5. The highest BCUT2D eigenvalue weighted by Crippen LogP contribution is 2.31. The smallest absolute Gasteiger partial charge is 0.226 e. The topological polar surface area (TPSA) is 38.8 Å². The summed E-state index contributed by atoms with van der Waals surface area (Å²) in [6.45, 7) is 6.08. The lowest BCUT2D eigenvalue weighted by molar-refractivity contribution is -0.153. The van der Waals surface area contributed by atoms with Crippen LogP contribution in [0.2, 0.25) is 5.02 Å². The molecular formula is C17H22ClNO3. The predicted molar refractivity (Wildman–Crippen MR) is 85.2 cm³/mol. The Bertz CT molecular complexity index is 555. The molecule has 22 heavy (non-hydrogen) atoms. The van der Waals surface area contributed by atoms with Crippen molar-refractivity contribution < 1.29 is 14.3 Å². The van der Waals surface area contributed by atoms with Crippen molar-refractivity contribution in [2.75, 3.05) is 19.7 Å². The third-order valence-electron chi connectivity index (χ3n) is 4.30. The Morgan fingerprint density at radius 3 is 2.86 bits per heavy atom. The van der Waals surface area contributed by atoms with Gasteiger partial charge in [0.1, 0.15) is 11.9 Å². The molecule has 0 bridgehead atoms. The first-order chi connectivity index (χ1) is 10.4. The van der Waals surface area contributed by atoms with E-state index in [1.165, 1.54) is 0 Å². The lowest BCUT2D eigenvalue weighted by atomic mass is 9.86. The molecule has 5 heteroatoms. The lowest BCUT2D eigenvalue weighted by Gasteiger charge is -2.43. The molecule has 0 N–H and O–H groups in total. The van der Waals surface area contributed by atoms with Crippen molar-refractivity contribution in [2.45, 2.75) is 38.4 Å². The zero-order valence-electron chi connectivity index (χ0n) is 13.0. The lowest BCUT2D eigenvalue weighted by Crippen LogP contribution is -2.58. The van der Waals surface area contributed by atoms with E-state index in [1.54, 1.807) is 6.07 Å². The van der Waals surface area contributed by atoms with Gasteiger partial charge in [-0.25, -0.2) is 0 Å². The van der Waals surface area contributed by atoms with Gasteiger partial charge in [-0.2, -0.15) is 0 Å². The predicted octanol–water partition coefficient (Wildman–Crippen LogP) is 3.13. The minimum Gasteiger partial charge on any atom is -0.487 e. The number of likely N-dealkylation sites (tertiary alicyclic amines) is 1. The molecule has 1 aromatic carbocycles. The second-order valence-electron chi connectivity index (χ2n) is 6.74. The van der Waals surface area contributed by atoms with Crippen molar-refractivity contribution in [3.8, 4) is 5.75 Å². The summed E-state index contributed by atoms with van der Waals surface area (Å²) in [5, 5.41) is 0.661. The minimum absolute atomic E-state index is 0.0651. The van der Waals surface area contributed by atoms with Gasteiger partial charge in [0.25, 0.3) is 0 Å². The molecule has 2 aliphatic heterocycles. The van der Waals surface area contributed by atoms with Crippen LogP contribution in [0, 0.1) is 5.92 Å². The molecular weight excluding hydrogens is 302 g/mol. The number of hydrogen-bond donors (Lipinski definition) is 0. The fourth-order valence-electron chi connectivity index (χ4n) is 3.13. The maximum atomic E-state index is 12.5. The Balaban J connectivity index is 1.49. The Morgan fingerprint density at radius 2 is 2.18 bits per heavy atom. The normalized spacial score (nSPS) is 24.7. The van der Waals surface area contributed by atoms with Gasteiger partial charge in [-0.05, 0) is 44.9 Å². The van der Waals surface area contributed by atoms with Crippen LogP contribution in [-0.4, -0.2) is 42.2 Å². The number of ether oxygens (including phenoxy) is 2. The van der Waals surface area contributed by atoms with Gasteiger partial charge in [0.05, 0.1) is 18.7 Å². The third kappa shape index (κ3) is 3.55. The van der Waals surface area contributed by atoms with E-state index >= 15 is 0 Å². The fourth-order valence-corrected chi connectivity index (χ4v) is 3.31. The van der Waals surface area contributed by atoms with Crippen LogP contribution in [-0.2, 0) is 9.53 Å². The summed E-state index contributed by atoms with van der Waals surface area (Å²) >= 11 is 5.94. The number of amides is 1. The second kappa shape index (κ2) is 6.09. The van der Waals surface area contributed by atoms with E-state index in [4.69, 9.17) is 21.1 Å². The Morgan fingerprint density at radius 1 is 1.41 bits per heavy atom. The molecule has 1 atom stereocenters. The molecule has 3 rings (SSSR count). The molecule has 4 nitrogen and oxygen atoms in total. The number of halogens is 1. The molecule has 2 fully saturated rings. The first-order valence-corrected chi connectivity index (χ1v) is 8.16. The quantitative estimate of drug-likeness (QED) is 0.858. The summed E-state index contributed by atoms with van der Waals surface area (Å²) in [5.41, 5.74) is -0.194. The number of hydrogen-bond acceptors (Lipinski definition) is 3. The number of carbonyl (C=O) groups is 1. The summed E-state index contributed by atoms with van der Waals surface area (Å²) in [5.74, 6) is 1.08. The van der Waals surface area contributed by atoms with Gasteiger partial charge in [0.15, 0.2) is 0 Å². The number of benzene rings is 1. The van der Waals surface area contributed by atoms with Gasteiger partial charge in [-0.3, -0.25) is 4.79 Å². The van der Waals surface area contributed by atoms with Crippen LogP contribution in [0.3, 0.4) is 0 Å². The molecule has 2 saturated heterocycles. The minimum atomic E-state index is -0.194. The molecule has 0 spiro atoms. The van der Waals surface area contributed by atoms with Crippen molar-refractivity contribution in [3.63, 3.8) is 0 Å². The molecule has 1 aromatic rings. The maximum absolute atomic E-state index is 12.5. The van der Waals surface area contributed by atoms with Crippen LogP contribution in [0.5, 0.6) is 5.75 Å². The van der Waals surface area contributed by atoms with Crippen LogP contribution < -0.4 is 4.74 Å². The van der Waals surface area contributed by atoms with Crippen LogP contribution >= 0.6 is 11.6 Å². The molecule has 0 radical (unpaired) electrons. The molecule has 0 unspecified atom stereocenters. The average Bonchev–Trinajstić information content (AvgIpc) is 2.40. The van der Waals surface area contributed by atoms with Crippen LogP contribution in [0.15, 0.2) is 24.3 Å². The molecule has 2 aliphatic rings. The first-order valence-electron chi connectivity index (χ1n) is 7.78. The van der Waals surface area contributed by atoms with Crippen LogP contribution in [0.4, 0.5) is 0 Å². The number of rotatable bonds is 3. The van der Waals surface area contributed by atoms with Gasteiger partial charge >= 0.3 is 0 Å².